The van der Waals surface area contributed by atoms with Gasteiger partial charge in [-0.25, -0.2) is 4.39 Å². The highest BCUT2D eigenvalue weighted by molar-refractivity contribution is 14.1. The Kier molecular flexibility index (Phi) is 4.77. The first kappa shape index (κ1) is 15.1. The van der Waals surface area contributed by atoms with Crippen molar-refractivity contribution in [1.82, 2.24) is 0 Å². The van der Waals surface area contributed by atoms with Gasteiger partial charge in [-0.2, -0.15) is 0 Å². The number of rotatable bonds is 3. The van der Waals surface area contributed by atoms with E-state index in [9.17, 15) is 4.39 Å². The Morgan fingerprint density at radius 3 is 2.41 bits per heavy atom. The highest BCUT2D eigenvalue weighted by Gasteiger charge is 2.37. The normalized spacial score (nSPS) is 12.9. The summed E-state index contributed by atoms with van der Waals surface area (Å²) in [6, 6.07) is 4.84. The minimum absolute atomic E-state index is 0.186. The molecule has 1 rings (SSSR count). The van der Waals surface area contributed by atoms with Gasteiger partial charge in [-0.05, 0) is 64.5 Å². The summed E-state index contributed by atoms with van der Waals surface area (Å²) in [5.41, 5.74) is 0.940. The Labute approximate surface area is 118 Å². The Hall–Kier alpha value is 0.0569. The molecule has 1 aromatic carbocycles. The Morgan fingerprint density at radius 2 is 1.88 bits per heavy atom. The number of benzene rings is 1. The molecule has 0 saturated carbocycles. The van der Waals surface area contributed by atoms with Gasteiger partial charge < -0.3 is 4.43 Å². The topological polar surface area (TPSA) is 9.23 Å². The zero-order valence-corrected chi connectivity index (χ0v) is 14.3. The lowest BCUT2D eigenvalue weighted by Crippen LogP contribution is -2.40. The van der Waals surface area contributed by atoms with Crippen LogP contribution in [0.3, 0.4) is 0 Å². The molecule has 17 heavy (non-hydrogen) atoms. The van der Waals surface area contributed by atoms with Crippen molar-refractivity contribution in [2.75, 3.05) is 0 Å². The molecule has 0 heterocycles. The van der Waals surface area contributed by atoms with Gasteiger partial charge in [0.1, 0.15) is 5.82 Å². The van der Waals surface area contributed by atoms with Crippen LogP contribution in [-0.2, 0) is 11.0 Å². The lowest BCUT2D eigenvalue weighted by Gasteiger charge is -2.36. The van der Waals surface area contributed by atoms with Crippen LogP contribution in [0, 0.1) is 9.39 Å². The molecule has 0 aliphatic rings. The van der Waals surface area contributed by atoms with E-state index in [0.29, 0.717) is 6.61 Å². The van der Waals surface area contributed by atoms with Gasteiger partial charge in [0.25, 0.3) is 0 Å². The highest BCUT2D eigenvalue weighted by Crippen LogP contribution is 2.37. The van der Waals surface area contributed by atoms with E-state index in [-0.39, 0.29) is 10.9 Å². The second-order valence-corrected chi connectivity index (χ2v) is 11.8. The van der Waals surface area contributed by atoms with Crippen molar-refractivity contribution in [2.45, 2.75) is 45.5 Å². The molecule has 0 aliphatic heterocycles. The van der Waals surface area contributed by atoms with Crippen molar-refractivity contribution in [1.29, 1.82) is 0 Å². The molecule has 0 N–H and O–H groups in total. The first-order chi connectivity index (χ1) is 7.63. The molecule has 4 heteroatoms. The zero-order chi connectivity index (χ0) is 13.3. The molecule has 0 fully saturated rings. The standard InChI is InChI=1S/C13H20FIOSi/c1-13(2,3)17(4,5)16-9-10-8-11(14)6-7-12(10)15/h6-8H,9H2,1-5H3. The van der Waals surface area contributed by atoms with Crippen LogP contribution in [0.2, 0.25) is 18.1 Å². The van der Waals surface area contributed by atoms with Crippen LogP contribution in [0.5, 0.6) is 0 Å². The van der Waals surface area contributed by atoms with E-state index in [4.69, 9.17) is 4.43 Å². The summed E-state index contributed by atoms with van der Waals surface area (Å²) in [6.07, 6.45) is 0. The second-order valence-electron chi connectivity index (χ2n) is 5.78. The number of hydrogen-bond acceptors (Lipinski definition) is 1. The van der Waals surface area contributed by atoms with E-state index < -0.39 is 8.32 Å². The van der Waals surface area contributed by atoms with Crippen molar-refractivity contribution in [3.8, 4) is 0 Å². The molecule has 1 nitrogen and oxygen atoms in total. The van der Waals surface area contributed by atoms with E-state index in [1.54, 1.807) is 12.1 Å². The quantitative estimate of drug-likeness (QED) is 0.543. The molecule has 0 atom stereocenters. The van der Waals surface area contributed by atoms with Gasteiger partial charge in [-0.15, -0.1) is 0 Å². The van der Waals surface area contributed by atoms with Crippen LogP contribution in [0.25, 0.3) is 0 Å². The predicted octanol–water partition coefficient (Wildman–Crippen LogP) is 4.95. The summed E-state index contributed by atoms with van der Waals surface area (Å²) in [4.78, 5) is 0. The third-order valence-corrected chi connectivity index (χ3v) is 8.93. The van der Waals surface area contributed by atoms with Crippen LogP contribution < -0.4 is 0 Å². The Morgan fingerprint density at radius 1 is 1.29 bits per heavy atom. The molecule has 0 aromatic heterocycles. The van der Waals surface area contributed by atoms with Gasteiger partial charge in [-0.3, -0.25) is 0 Å². The molecule has 0 spiro atoms. The molecule has 96 valence electrons. The highest BCUT2D eigenvalue weighted by atomic mass is 127. The smallest absolute Gasteiger partial charge is 0.192 e. The molecule has 0 saturated heterocycles. The average molecular weight is 366 g/mol. The fraction of sp³-hybridized carbons (Fsp3) is 0.538. The average Bonchev–Trinajstić information content (AvgIpc) is 2.18. The maximum Gasteiger partial charge on any atom is 0.192 e. The molecule has 0 unspecified atom stereocenters. The van der Waals surface area contributed by atoms with Crippen molar-refractivity contribution in [2.24, 2.45) is 0 Å². The minimum Gasteiger partial charge on any atom is -0.413 e. The minimum atomic E-state index is -1.75. The number of halogens is 2. The van der Waals surface area contributed by atoms with E-state index in [2.05, 4.69) is 56.5 Å². The monoisotopic (exact) mass is 366 g/mol. The van der Waals surface area contributed by atoms with Gasteiger partial charge in [0, 0.05) is 3.57 Å². The Bertz CT molecular complexity index is 399. The lowest BCUT2D eigenvalue weighted by atomic mass is 10.2. The summed E-state index contributed by atoms with van der Waals surface area (Å²) in [5.74, 6) is -0.195. The molecule has 0 amide bonds. The first-order valence-corrected chi connectivity index (χ1v) is 9.70. The first-order valence-electron chi connectivity index (χ1n) is 5.71. The van der Waals surface area contributed by atoms with Crippen molar-refractivity contribution < 1.29 is 8.82 Å². The third-order valence-electron chi connectivity index (χ3n) is 3.40. The summed E-state index contributed by atoms with van der Waals surface area (Å²) < 4.78 is 20.3. The van der Waals surface area contributed by atoms with Gasteiger partial charge >= 0.3 is 0 Å². The molecule has 0 aliphatic carbocycles. The SMILES string of the molecule is CC(C)(C)[Si](C)(C)OCc1cc(F)ccc1I. The van der Waals surface area contributed by atoms with Crippen LogP contribution >= 0.6 is 22.6 Å². The van der Waals surface area contributed by atoms with E-state index in [1.807, 2.05) is 0 Å². The summed E-state index contributed by atoms with van der Waals surface area (Å²) in [6.45, 7) is 11.5. The van der Waals surface area contributed by atoms with Gasteiger partial charge in [-0.1, -0.05) is 20.8 Å². The molecular weight excluding hydrogens is 346 g/mol. The van der Waals surface area contributed by atoms with E-state index in [1.165, 1.54) is 6.07 Å². The van der Waals surface area contributed by atoms with Crippen LogP contribution in [-0.4, -0.2) is 8.32 Å². The van der Waals surface area contributed by atoms with Gasteiger partial charge in [0.05, 0.1) is 6.61 Å². The third kappa shape index (κ3) is 4.03. The fourth-order valence-corrected chi connectivity index (χ4v) is 2.57. The Balaban J connectivity index is 2.77. The maximum atomic E-state index is 13.2. The van der Waals surface area contributed by atoms with Crippen LogP contribution in [0.4, 0.5) is 4.39 Å². The lowest BCUT2D eigenvalue weighted by molar-refractivity contribution is 0.275. The predicted molar refractivity (Wildman–Crippen MR) is 81.1 cm³/mol. The van der Waals surface area contributed by atoms with Gasteiger partial charge in [0.2, 0.25) is 0 Å². The van der Waals surface area contributed by atoms with Crippen LogP contribution in [0.15, 0.2) is 18.2 Å². The summed E-state index contributed by atoms with van der Waals surface area (Å²) in [5, 5.41) is 0.186. The fourth-order valence-electron chi connectivity index (χ4n) is 1.13. The van der Waals surface area contributed by atoms with Crippen molar-refractivity contribution in [3.63, 3.8) is 0 Å². The van der Waals surface area contributed by atoms with Crippen molar-refractivity contribution >= 4 is 30.9 Å². The van der Waals surface area contributed by atoms with E-state index in [0.717, 1.165) is 9.13 Å². The summed E-state index contributed by atoms with van der Waals surface area (Å²) >= 11 is 2.22. The molecular formula is C13H20FIOSi. The van der Waals surface area contributed by atoms with Crippen molar-refractivity contribution in [3.05, 3.63) is 33.1 Å². The molecule has 0 radical (unpaired) electrons. The largest absolute Gasteiger partial charge is 0.413 e. The zero-order valence-electron chi connectivity index (χ0n) is 11.1. The second kappa shape index (κ2) is 5.36. The number of hydrogen-bond donors (Lipinski definition) is 0. The molecule has 1 aromatic rings. The van der Waals surface area contributed by atoms with E-state index >= 15 is 0 Å². The van der Waals surface area contributed by atoms with Crippen LogP contribution in [0.1, 0.15) is 26.3 Å². The summed E-state index contributed by atoms with van der Waals surface area (Å²) in [7, 11) is -1.75. The van der Waals surface area contributed by atoms with Gasteiger partial charge in [0.15, 0.2) is 8.32 Å². The maximum absolute atomic E-state index is 13.2. The molecule has 0 bridgehead atoms.